The summed E-state index contributed by atoms with van der Waals surface area (Å²) in [5, 5.41) is 1.21. The molecule has 0 unspecified atom stereocenters. The second-order valence-electron chi connectivity index (χ2n) is 8.96. The van der Waals surface area contributed by atoms with Crippen LogP contribution in [0.4, 0.5) is 0 Å². The number of amides is 1. The Morgan fingerprint density at radius 1 is 1.03 bits per heavy atom. The van der Waals surface area contributed by atoms with Crippen molar-refractivity contribution in [3.05, 3.63) is 71.4 Å². The number of fused-ring (bicyclic) bond motifs is 1. The summed E-state index contributed by atoms with van der Waals surface area (Å²) in [6.07, 6.45) is 3.99. The molecule has 1 aromatic heterocycles. The van der Waals surface area contributed by atoms with Crippen LogP contribution in [0.2, 0.25) is 0 Å². The molecule has 0 aliphatic carbocycles. The van der Waals surface area contributed by atoms with E-state index >= 15 is 0 Å². The molecule has 0 bridgehead atoms. The number of hydrogen-bond donors (Lipinski definition) is 0. The largest absolute Gasteiger partial charge is 0.466 e. The molecule has 1 atom stereocenters. The monoisotopic (exact) mass is 446 g/mol. The van der Waals surface area contributed by atoms with Crippen LogP contribution in [0.1, 0.15) is 55.7 Å². The Bertz CT molecular complexity index is 1110. The Morgan fingerprint density at radius 2 is 1.73 bits per heavy atom. The highest BCUT2D eigenvalue weighted by Gasteiger charge is 2.30. The van der Waals surface area contributed by atoms with Gasteiger partial charge in [0.1, 0.15) is 0 Å². The van der Waals surface area contributed by atoms with E-state index in [9.17, 15) is 9.59 Å². The van der Waals surface area contributed by atoms with Gasteiger partial charge in [-0.15, -0.1) is 0 Å². The second-order valence-corrected chi connectivity index (χ2v) is 8.96. The van der Waals surface area contributed by atoms with Gasteiger partial charge in [0.15, 0.2) is 0 Å². The maximum atomic E-state index is 13.4. The van der Waals surface area contributed by atoms with E-state index in [1.54, 1.807) is 0 Å². The van der Waals surface area contributed by atoms with Crippen molar-refractivity contribution < 1.29 is 14.3 Å². The zero-order valence-electron chi connectivity index (χ0n) is 19.9. The highest BCUT2D eigenvalue weighted by atomic mass is 16.5. The lowest BCUT2D eigenvalue weighted by molar-refractivity contribution is -0.151. The summed E-state index contributed by atoms with van der Waals surface area (Å²) in [6.45, 7) is 8.57. The third-order valence-electron chi connectivity index (χ3n) is 6.86. The molecular formula is C28H34N2O3. The fourth-order valence-electron chi connectivity index (χ4n) is 4.95. The Hall–Kier alpha value is -3.08. The van der Waals surface area contributed by atoms with Crippen LogP contribution in [0.5, 0.6) is 0 Å². The van der Waals surface area contributed by atoms with E-state index in [1.807, 2.05) is 11.8 Å². The van der Waals surface area contributed by atoms with Crippen LogP contribution in [0.25, 0.3) is 10.9 Å². The molecule has 174 valence electrons. The molecule has 33 heavy (non-hydrogen) atoms. The molecule has 0 radical (unpaired) electrons. The smallest absolute Gasteiger partial charge is 0.309 e. The summed E-state index contributed by atoms with van der Waals surface area (Å²) in [4.78, 5) is 27.4. The van der Waals surface area contributed by atoms with Crippen molar-refractivity contribution in [1.82, 2.24) is 9.47 Å². The van der Waals surface area contributed by atoms with Crippen LogP contribution >= 0.6 is 0 Å². The van der Waals surface area contributed by atoms with Gasteiger partial charge in [0.25, 0.3) is 0 Å². The predicted octanol–water partition coefficient (Wildman–Crippen LogP) is 5.29. The number of benzene rings is 2. The molecule has 1 aliphatic heterocycles. The zero-order chi connectivity index (χ0) is 23.4. The molecule has 4 rings (SSSR count). The number of esters is 1. The molecule has 0 spiro atoms. The van der Waals surface area contributed by atoms with Crippen LogP contribution in [0.15, 0.2) is 54.7 Å². The Kier molecular flexibility index (Phi) is 7.17. The van der Waals surface area contributed by atoms with Crippen molar-refractivity contribution in [3.8, 4) is 0 Å². The van der Waals surface area contributed by atoms with Gasteiger partial charge in [-0.1, -0.05) is 48.0 Å². The molecule has 1 amide bonds. The van der Waals surface area contributed by atoms with E-state index < -0.39 is 0 Å². The van der Waals surface area contributed by atoms with Crippen molar-refractivity contribution in [2.75, 3.05) is 19.7 Å². The van der Waals surface area contributed by atoms with Gasteiger partial charge in [-0.05, 0) is 50.8 Å². The lowest BCUT2D eigenvalue weighted by Gasteiger charge is -2.32. The molecule has 2 heterocycles. The predicted molar refractivity (Wildman–Crippen MR) is 131 cm³/mol. The van der Waals surface area contributed by atoms with Crippen molar-refractivity contribution >= 4 is 22.8 Å². The summed E-state index contributed by atoms with van der Waals surface area (Å²) < 4.78 is 7.44. The van der Waals surface area contributed by atoms with E-state index in [1.165, 1.54) is 22.0 Å². The van der Waals surface area contributed by atoms with Gasteiger partial charge in [0, 0.05) is 49.1 Å². The fraction of sp³-hybridized carbons (Fsp3) is 0.429. The van der Waals surface area contributed by atoms with Gasteiger partial charge in [0.2, 0.25) is 5.91 Å². The molecule has 5 heteroatoms. The number of carbonyl (C=O) groups excluding carboxylic acids is 2. The lowest BCUT2D eigenvalue weighted by Crippen LogP contribution is -2.41. The van der Waals surface area contributed by atoms with E-state index in [0.717, 1.165) is 12.1 Å². The molecule has 5 nitrogen and oxygen atoms in total. The minimum atomic E-state index is -0.130. The van der Waals surface area contributed by atoms with Gasteiger partial charge in [-0.3, -0.25) is 9.59 Å². The van der Waals surface area contributed by atoms with Crippen molar-refractivity contribution in [2.45, 2.75) is 52.5 Å². The van der Waals surface area contributed by atoms with E-state index in [2.05, 4.69) is 73.1 Å². The molecule has 3 aromatic rings. The van der Waals surface area contributed by atoms with Crippen LogP contribution in [-0.2, 0) is 20.9 Å². The number of aryl methyl sites for hydroxylation is 2. The summed E-state index contributed by atoms with van der Waals surface area (Å²) >= 11 is 0. The first-order valence-electron chi connectivity index (χ1n) is 12.1. The second kappa shape index (κ2) is 10.2. The number of ether oxygens (including phenoxy) is 1. The first kappa shape index (κ1) is 23.1. The van der Waals surface area contributed by atoms with Crippen LogP contribution < -0.4 is 0 Å². The van der Waals surface area contributed by atoms with Gasteiger partial charge in [0.05, 0.1) is 12.5 Å². The third-order valence-corrected chi connectivity index (χ3v) is 6.86. The molecule has 1 saturated heterocycles. The average Bonchev–Trinajstić information content (AvgIpc) is 3.22. The van der Waals surface area contributed by atoms with Gasteiger partial charge in [-0.25, -0.2) is 0 Å². The quantitative estimate of drug-likeness (QED) is 0.463. The number of carbonyl (C=O) groups is 2. The number of aromatic nitrogens is 1. The maximum Gasteiger partial charge on any atom is 0.309 e. The van der Waals surface area contributed by atoms with Crippen LogP contribution in [0.3, 0.4) is 0 Å². The van der Waals surface area contributed by atoms with Gasteiger partial charge in [-0.2, -0.15) is 0 Å². The molecule has 1 fully saturated rings. The number of hydrogen-bond acceptors (Lipinski definition) is 3. The molecular weight excluding hydrogens is 412 g/mol. The summed E-state index contributed by atoms with van der Waals surface area (Å²) in [5.41, 5.74) is 4.77. The average molecular weight is 447 g/mol. The van der Waals surface area contributed by atoms with Gasteiger partial charge >= 0.3 is 5.97 Å². The lowest BCUT2D eigenvalue weighted by atomic mass is 9.87. The number of para-hydroxylation sites is 1. The third kappa shape index (κ3) is 4.97. The van der Waals surface area contributed by atoms with E-state index in [4.69, 9.17) is 4.74 Å². The Morgan fingerprint density at radius 3 is 2.39 bits per heavy atom. The molecule has 1 aliphatic rings. The SMILES string of the molecule is CCOC(=O)C1CCN(C(=O)C[C@@H](c2ccc(C)cc2)c2cn(CC)c3ccccc23)CC1. The minimum Gasteiger partial charge on any atom is -0.466 e. The van der Waals surface area contributed by atoms with Crippen molar-refractivity contribution in [2.24, 2.45) is 5.92 Å². The Labute approximate surface area is 196 Å². The zero-order valence-corrected chi connectivity index (χ0v) is 19.9. The van der Waals surface area contributed by atoms with Crippen molar-refractivity contribution in [3.63, 3.8) is 0 Å². The van der Waals surface area contributed by atoms with Gasteiger partial charge < -0.3 is 14.2 Å². The summed E-state index contributed by atoms with van der Waals surface area (Å²) in [7, 11) is 0. The highest BCUT2D eigenvalue weighted by Crippen LogP contribution is 2.36. The first-order chi connectivity index (χ1) is 16.0. The fourth-order valence-corrected chi connectivity index (χ4v) is 4.95. The normalized spacial score (nSPS) is 15.5. The summed E-state index contributed by atoms with van der Waals surface area (Å²) in [6, 6.07) is 17.0. The number of likely N-dealkylation sites (tertiary alicyclic amines) is 1. The topological polar surface area (TPSA) is 51.5 Å². The number of nitrogens with zero attached hydrogens (tertiary/aromatic N) is 2. The molecule has 2 aromatic carbocycles. The summed E-state index contributed by atoms with van der Waals surface area (Å²) in [5.74, 6) is -0.0891. The highest BCUT2D eigenvalue weighted by molar-refractivity contribution is 5.87. The van der Waals surface area contributed by atoms with Crippen molar-refractivity contribution in [1.29, 1.82) is 0 Å². The minimum absolute atomic E-state index is 0.0152. The molecule has 0 N–H and O–H groups in total. The van der Waals surface area contributed by atoms with Crippen LogP contribution in [-0.4, -0.2) is 41.0 Å². The standard InChI is InChI=1S/C28H34N2O3/c1-4-29-19-25(23-8-6-7-9-26(23)29)24(21-12-10-20(3)11-13-21)18-27(31)30-16-14-22(15-17-30)28(32)33-5-2/h6-13,19,22,24H,4-5,14-18H2,1-3H3/t24-/m0/s1. The first-order valence-corrected chi connectivity index (χ1v) is 12.1. The van der Waals surface area contributed by atoms with Crippen LogP contribution in [0, 0.1) is 12.8 Å². The maximum absolute atomic E-state index is 13.4. The van der Waals surface area contributed by atoms with E-state index in [-0.39, 0.29) is 23.7 Å². The molecule has 0 saturated carbocycles. The number of piperidine rings is 1. The van der Waals surface area contributed by atoms with E-state index in [0.29, 0.717) is 39.0 Å². The number of rotatable bonds is 7. The Balaban J connectivity index is 1.59.